The summed E-state index contributed by atoms with van der Waals surface area (Å²) in [6.07, 6.45) is 3.91. The summed E-state index contributed by atoms with van der Waals surface area (Å²) in [6, 6.07) is 7.11. The van der Waals surface area contributed by atoms with Gasteiger partial charge < -0.3 is 9.88 Å². The number of aromatic nitrogens is 1. The van der Waals surface area contributed by atoms with Crippen LogP contribution in [-0.2, 0) is 13.6 Å². The smallest absolute Gasteiger partial charge is 0.252 e. The van der Waals surface area contributed by atoms with E-state index >= 15 is 0 Å². The summed E-state index contributed by atoms with van der Waals surface area (Å²) >= 11 is 9.22. The van der Waals surface area contributed by atoms with Gasteiger partial charge in [0, 0.05) is 35.5 Å². The molecule has 0 bridgehead atoms. The molecule has 0 fully saturated rings. The molecule has 1 heterocycles. The molecule has 0 saturated heterocycles. The summed E-state index contributed by atoms with van der Waals surface area (Å²) in [4.78, 5) is 12.0. The van der Waals surface area contributed by atoms with Gasteiger partial charge in [-0.2, -0.15) is 0 Å². The number of rotatable bonds is 3. The van der Waals surface area contributed by atoms with Crippen LogP contribution in [0.5, 0.6) is 0 Å². The lowest BCUT2D eigenvalue weighted by Crippen LogP contribution is -2.23. The first-order valence-electron chi connectivity index (χ1n) is 5.40. The minimum Gasteiger partial charge on any atom is -0.357 e. The normalized spacial score (nSPS) is 10.4. The summed E-state index contributed by atoms with van der Waals surface area (Å²) in [5.41, 5.74) is 1.60. The number of hydrogen-bond acceptors (Lipinski definition) is 1. The number of aryl methyl sites for hydroxylation is 1. The predicted molar refractivity (Wildman–Crippen MR) is 75.7 cm³/mol. The first-order valence-corrected chi connectivity index (χ1v) is 6.57. The summed E-state index contributed by atoms with van der Waals surface area (Å²) in [5.74, 6) is -0.145. The van der Waals surface area contributed by atoms with E-state index < -0.39 is 0 Å². The van der Waals surface area contributed by atoms with Crippen molar-refractivity contribution in [3.05, 3.63) is 57.3 Å². The average molecular weight is 328 g/mol. The third kappa shape index (κ3) is 3.15. The Morgan fingerprint density at radius 1 is 1.44 bits per heavy atom. The van der Waals surface area contributed by atoms with E-state index in [2.05, 4.69) is 21.2 Å². The van der Waals surface area contributed by atoms with Crippen molar-refractivity contribution >= 4 is 33.4 Å². The maximum absolute atomic E-state index is 12.0. The van der Waals surface area contributed by atoms with Gasteiger partial charge in [-0.1, -0.05) is 11.6 Å². The molecule has 0 spiro atoms. The van der Waals surface area contributed by atoms with Gasteiger partial charge in [-0.3, -0.25) is 4.79 Å². The molecule has 0 radical (unpaired) electrons. The van der Waals surface area contributed by atoms with Crippen LogP contribution in [0.25, 0.3) is 0 Å². The van der Waals surface area contributed by atoms with Crippen LogP contribution >= 0.6 is 27.5 Å². The van der Waals surface area contributed by atoms with Crippen molar-refractivity contribution in [3.8, 4) is 0 Å². The lowest BCUT2D eigenvalue weighted by Gasteiger charge is -2.06. The van der Waals surface area contributed by atoms with Crippen LogP contribution in [0, 0.1) is 0 Å². The molecule has 0 unspecified atom stereocenters. The fraction of sp³-hybridized carbons (Fsp3) is 0.154. The van der Waals surface area contributed by atoms with Crippen molar-refractivity contribution in [3.63, 3.8) is 0 Å². The number of halogens is 2. The van der Waals surface area contributed by atoms with Crippen LogP contribution in [0.4, 0.5) is 0 Å². The van der Waals surface area contributed by atoms with E-state index in [-0.39, 0.29) is 5.91 Å². The molecule has 0 saturated carbocycles. The molecule has 1 aromatic carbocycles. The topological polar surface area (TPSA) is 34.0 Å². The van der Waals surface area contributed by atoms with Gasteiger partial charge in [0.1, 0.15) is 0 Å². The Hall–Kier alpha value is -1.26. The molecule has 0 aliphatic rings. The van der Waals surface area contributed by atoms with Gasteiger partial charge in [0.15, 0.2) is 0 Å². The van der Waals surface area contributed by atoms with Crippen molar-refractivity contribution in [2.24, 2.45) is 7.05 Å². The van der Waals surface area contributed by atoms with Gasteiger partial charge in [0.25, 0.3) is 5.91 Å². The molecule has 1 amide bonds. The van der Waals surface area contributed by atoms with E-state index in [4.69, 9.17) is 11.6 Å². The zero-order chi connectivity index (χ0) is 13.1. The fourth-order valence-corrected chi connectivity index (χ4v) is 2.21. The van der Waals surface area contributed by atoms with Crippen LogP contribution in [0.1, 0.15) is 15.9 Å². The quantitative estimate of drug-likeness (QED) is 0.921. The highest BCUT2D eigenvalue weighted by Crippen LogP contribution is 2.21. The van der Waals surface area contributed by atoms with Crippen molar-refractivity contribution in [1.82, 2.24) is 9.88 Å². The van der Waals surface area contributed by atoms with Gasteiger partial charge in [0.05, 0.1) is 5.56 Å². The summed E-state index contributed by atoms with van der Waals surface area (Å²) in [5, 5.41) is 3.40. The van der Waals surface area contributed by atoms with Gasteiger partial charge in [-0.15, -0.1) is 0 Å². The SMILES string of the molecule is Cn1ccc(CNC(=O)c2cc(Cl)ccc2Br)c1. The maximum Gasteiger partial charge on any atom is 0.252 e. The maximum atomic E-state index is 12.0. The van der Waals surface area contributed by atoms with E-state index in [9.17, 15) is 4.79 Å². The van der Waals surface area contributed by atoms with Crippen molar-refractivity contribution in [1.29, 1.82) is 0 Å². The molecular weight excluding hydrogens is 316 g/mol. The Kier molecular flexibility index (Phi) is 4.09. The largest absolute Gasteiger partial charge is 0.357 e. The first-order chi connectivity index (χ1) is 8.56. The lowest BCUT2D eigenvalue weighted by atomic mass is 10.2. The molecule has 2 aromatic rings. The second kappa shape index (κ2) is 5.59. The highest BCUT2D eigenvalue weighted by Gasteiger charge is 2.10. The van der Waals surface area contributed by atoms with Crippen LogP contribution in [0.2, 0.25) is 5.02 Å². The predicted octanol–water partition coefficient (Wildman–Crippen LogP) is 3.37. The zero-order valence-electron chi connectivity index (χ0n) is 9.78. The third-order valence-electron chi connectivity index (χ3n) is 2.52. The average Bonchev–Trinajstić information content (AvgIpc) is 2.75. The Bertz CT molecular complexity index is 580. The Morgan fingerprint density at radius 3 is 2.89 bits per heavy atom. The summed E-state index contributed by atoms with van der Waals surface area (Å²) < 4.78 is 2.68. The van der Waals surface area contributed by atoms with Gasteiger partial charge in [0.2, 0.25) is 0 Å². The highest BCUT2D eigenvalue weighted by molar-refractivity contribution is 9.10. The molecule has 18 heavy (non-hydrogen) atoms. The number of carbonyl (C=O) groups excluding carboxylic acids is 1. The van der Waals surface area contributed by atoms with E-state index in [1.165, 1.54) is 0 Å². The van der Waals surface area contributed by atoms with Crippen molar-refractivity contribution in [2.45, 2.75) is 6.54 Å². The van der Waals surface area contributed by atoms with Crippen LogP contribution in [0.15, 0.2) is 41.1 Å². The van der Waals surface area contributed by atoms with Crippen LogP contribution < -0.4 is 5.32 Å². The molecular formula is C13H12BrClN2O. The molecule has 0 aliphatic carbocycles. The van der Waals surface area contributed by atoms with Gasteiger partial charge >= 0.3 is 0 Å². The van der Waals surface area contributed by atoms with Crippen LogP contribution in [-0.4, -0.2) is 10.5 Å². The number of nitrogens with one attached hydrogen (secondary N) is 1. The molecule has 2 rings (SSSR count). The van der Waals surface area contributed by atoms with Gasteiger partial charge in [-0.05, 0) is 45.8 Å². The lowest BCUT2D eigenvalue weighted by molar-refractivity contribution is 0.0950. The highest BCUT2D eigenvalue weighted by atomic mass is 79.9. The molecule has 5 heteroatoms. The Labute approximate surface area is 119 Å². The second-order valence-electron chi connectivity index (χ2n) is 3.99. The van der Waals surface area contributed by atoms with E-state index in [1.807, 2.05) is 30.1 Å². The molecule has 94 valence electrons. The molecule has 1 aromatic heterocycles. The van der Waals surface area contributed by atoms with Crippen molar-refractivity contribution < 1.29 is 4.79 Å². The zero-order valence-corrected chi connectivity index (χ0v) is 12.1. The van der Waals surface area contributed by atoms with E-state index in [1.54, 1.807) is 18.2 Å². The molecule has 3 nitrogen and oxygen atoms in total. The third-order valence-corrected chi connectivity index (χ3v) is 3.45. The monoisotopic (exact) mass is 326 g/mol. The molecule has 0 atom stereocenters. The second-order valence-corrected chi connectivity index (χ2v) is 5.28. The number of carbonyl (C=O) groups is 1. The molecule has 0 aliphatic heterocycles. The van der Waals surface area contributed by atoms with Crippen LogP contribution in [0.3, 0.4) is 0 Å². The van der Waals surface area contributed by atoms with Gasteiger partial charge in [-0.25, -0.2) is 0 Å². The fourth-order valence-electron chi connectivity index (χ4n) is 1.61. The number of nitrogens with zero attached hydrogens (tertiary/aromatic N) is 1. The minimum atomic E-state index is -0.145. The number of hydrogen-bond donors (Lipinski definition) is 1. The summed E-state index contributed by atoms with van der Waals surface area (Å²) in [6.45, 7) is 0.499. The molecule has 1 N–H and O–H groups in total. The first kappa shape index (κ1) is 13.2. The van der Waals surface area contributed by atoms with Crippen molar-refractivity contribution in [2.75, 3.05) is 0 Å². The standard InChI is InChI=1S/C13H12BrClN2O/c1-17-5-4-9(8-17)7-16-13(18)11-6-10(15)2-3-12(11)14/h2-6,8H,7H2,1H3,(H,16,18). The Balaban J connectivity index is 2.05. The van der Waals surface area contributed by atoms with E-state index in [0.29, 0.717) is 17.1 Å². The minimum absolute atomic E-state index is 0.145. The number of amides is 1. The van der Waals surface area contributed by atoms with E-state index in [0.717, 1.165) is 10.0 Å². The number of benzene rings is 1. The summed E-state index contributed by atoms with van der Waals surface area (Å²) in [7, 11) is 1.94. The Morgan fingerprint density at radius 2 is 2.22 bits per heavy atom.